The largest absolute Gasteiger partial charge is 0.497 e. The maximum Gasteiger partial charge on any atom is 0.240 e. The van der Waals surface area contributed by atoms with E-state index in [4.69, 9.17) is 56.3 Å². The highest BCUT2D eigenvalue weighted by atomic mass is 35.5. The maximum atomic E-state index is 6.86. The summed E-state index contributed by atoms with van der Waals surface area (Å²) in [6.45, 7) is 8.46. The molecule has 2 aliphatic rings. The van der Waals surface area contributed by atoms with E-state index >= 15 is 0 Å². The van der Waals surface area contributed by atoms with Crippen molar-refractivity contribution >= 4 is 23.5 Å². The van der Waals surface area contributed by atoms with Crippen molar-refractivity contribution in [2.75, 3.05) is 57.0 Å². The van der Waals surface area contributed by atoms with E-state index in [0.29, 0.717) is 41.6 Å². The molecule has 5 aromatic rings. The lowest BCUT2D eigenvalue weighted by Gasteiger charge is -2.47. The van der Waals surface area contributed by atoms with Crippen LogP contribution >= 0.6 is 11.6 Å². The number of aromatic nitrogens is 4. The van der Waals surface area contributed by atoms with Crippen LogP contribution in [0.5, 0.6) is 23.0 Å². The fourth-order valence-electron chi connectivity index (χ4n) is 7.87. The van der Waals surface area contributed by atoms with Gasteiger partial charge in [0, 0.05) is 55.0 Å². The molecule has 13 heteroatoms. The topological polar surface area (TPSA) is 124 Å². The molecule has 2 unspecified atom stereocenters. The van der Waals surface area contributed by atoms with Crippen molar-refractivity contribution in [3.8, 4) is 45.3 Å². The minimum absolute atomic E-state index is 0.0442. The maximum absolute atomic E-state index is 6.86. The molecule has 7 rings (SSSR count). The molecule has 4 heterocycles. The van der Waals surface area contributed by atoms with E-state index in [0.717, 1.165) is 97.1 Å². The molecule has 0 aliphatic carbocycles. The van der Waals surface area contributed by atoms with Crippen LogP contribution in [0.15, 0.2) is 85.5 Å². The molecule has 0 amide bonds. The molecule has 294 valence electrons. The molecule has 0 radical (unpaired) electrons. The number of benzene rings is 3. The van der Waals surface area contributed by atoms with Crippen molar-refractivity contribution in [1.29, 1.82) is 0 Å². The van der Waals surface area contributed by atoms with E-state index in [1.807, 2.05) is 99.3 Å². The average Bonchev–Trinajstić information content (AvgIpc) is 3.25. The molecule has 56 heavy (non-hydrogen) atoms. The summed E-state index contributed by atoms with van der Waals surface area (Å²) in [5, 5.41) is 2.28. The van der Waals surface area contributed by atoms with E-state index in [2.05, 4.69) is 9.80 Å². The number of halogens is 1. The molecule has 2 saturated heterocycles. The van der Waals surface area contributed by atoms with Crippen LogP contribution in [-0.4, -0.2) is 84.0 Å². The van der Waals surface area contributed by atoms with Gasteiger partial charge >= 0.3 is 0 Å². The number of methoxy groups -OCH3 is 2. The number of hydrogen-bond donors (Lipinski definition) is 1. The van der Waals surface area contributed by atoms with E-state index < -0.39 is 0 Å². The summed E-state index contributed by atoms with van der Waals surface area (Å²) in [7, 11) is 3.33. The Kier molecular flexibility index (Phi) is 12.7. The molecular weight excluding hydrogens is 728 g/mol. The SMILES string of the molecule is CCOc1cc(CN2CCC(C3CC(N(N)c4ncc(-c5ccc(OC)cc5)cn4)CCN3c3ncc(-c4ccc(OC)cc4)cn3)CC2)cc(OCC)c1Cl. The highest BCUT2D eigenvalue weighted by Gasteiger charge is 2.39. The van der Waals surface area contributed by atoms with Gasteiger partial charge in [0.1, 0.15) is 28.0 Å². The molecule has 2 N–H and O–H groups in total. The van der Waals surface area contributed by atoms with Gasteiger partial charge in [0.25, 0.3) is 0 Å². The minimum Gasteiger partial charge on any atom is -0.497 e. The van der Waals surface area contributed by atoms with E-state index in [9.17, 15) is 0 Å². The van der Waals surface area contributed by atoms with Gasteiger partial charge < -0.3 is 23.8 Å². The van der Waals surface area contributed by atoms with Gasteiger partial charge in [-0.05, 0) is 112 Å². The normalized spacial score (nSPS) is 17.7. The lowest BCUT2D eigenvalue weighted by molar-refractivity contribution is 0.148. The summed E-state index contributed by atoms with van der Waals surface area (Å²) in [5.74, 6) is 11.5. The highest BCUT2D eigenvalue weighted by Crippen LogP contribution is 2.38. The zero-order valence-electron chi connectivity index (χ0n) is 32.6. The molecular formula is C43H51ClN8O4. The Balaban J connectivity index is 1.08. The summed E-state index contributed by atoms with van der Waals surface area (Å²) in [5.41, 5.74) is 5.06. The summed E-state index contributed by atoms with van der Waals surface area (Å²) < 4.78 is 22.4. The lowest BCUT2D eigenvalue weighted by Crippen LogP contribution is -2.56. The van der Waals surface area contributed by atoms with Gasteiger partial charge in [0.2, 0.25) is 11.9 Å². The van der Waals surface area contributed by atoms with Crippen LogP contribution in [0, 0.1) is 5.92 Å². The molecule has 2 fully saturated rings. The van der Waals surface area contributed by atoms with Crippen LogP contribution in [-0.2, 0) is 6.54 Å². The van der Waals surface area contributed by atoms with Crippen LogP contribution in [0.1, 0.15) is 45.1 Å². The van der Waals surface area contributed by atoms with Crippen molar-refractivity contribution in [1.82, 2.24) is 24.8 Å². The number of nitrogens with zero attached hydrogens (tertiary/aromatic N) is 7. The number of piperidine rings is 2. The van der Waals surface area contributed by atoms with Crippen molar-refractivity contribution in [2.24, 2.45) is 11.8 Å². The Hall–Kier alpha value is -5.17. The minimum atomic E-state index is 0.0442. The van der Waals surface area contributed by atoms with Crippen molar-refractivity contribution < 1.29 is 18.9 Å². The number of ether oxygens (including phenoxy) is 4. The van der Waals surface area contributed by atoms with Crippen LogP contribution in [0.3, 0.4) is 0 Å². The molecule has 0 saturated carbocycles. The smallest absolute Gasteiger partial charge is 0.240 e. The van der Waals surface area contributed by atoms with Crippen molar-refractivity contribution in [3.63, 3.8) is 0 Å². The third-order valence-corrected chi connectivity index (χ3v) is 11.2. The highest BCUT2D eigenvalue weighted by molar-refractivity contribution is 6.33. The predicted molar refractivity (Wildman–Crippen MR) is 221 cm³/mol. The quantitative estimate of drug-likeness (QED) is 0.0878. The van der Waals surface area contributed by atoms with Gasteiger partial charge in [-0.2, -0.15) is 0 Å². The Morgan fingerprint density at radius 2 is 1.23 bits per heavy atom. The summed E-state index contributed by atoms with van der Waals surface area (Å²) in [6.07, 6.45) is 11.2. The van der Waals surface area contributed by atoms with Gasteiger partial charge in [-0.3, -0.25) is 9.91 Å². The van der Waals surface area contributed by atoms with Gasteiger partial charge in [-0.1, -0.05) is 35.9 Å². The zero-order valence-corrected chi connectivity index (χ0v) is 33.4. The Bertz CT molecular complexity index is 1980. The first-order valence-corrected chi connectivity index (χ1v) is 19.8. The molecule has 0 spiro atoms. The molecule has 2 aromatic heterocycles. The van der Waals surface area contributed by atoms with Gasteiger partial charge in [0.15, 0.2) is 0 Å². The summed E-state index contributed by atoms with van der Waals surface area (Å²) >= 11 is 6.61. The number of anilines is 2. The Morgan fingerprint density at radius 3 is 1.73 bits per heavy atom. The number of nitrogens with two attached hydrogens (primary N) is 1. The zero-order chi connectivity index (χ0) is 39.0. The molecule has 2 atom stereocenters. The average molecular weight is 779 g/mol. The lowest BCUT2D eigenvalue weighted by atomic mass is 9.82. The fourth-order valence-corrected chi connectivity index (χ4v) is 8.09. The fraction of sp³-hybridized carbons (Fsp3) is 0.395. The van der Waals surface area contributed by atoms with Crippen LogP contribution < -0.4 is 34.7 Å². The van der Waals surface area contributed by atoms with E-state index in [1.54, 1.807) is 19.2 Å². The van der Waals surface area contributed by atoms with E-state index in [1.165, 1.54) is 0 Å². The van der Waals surface area contributed by atoms with Crippen LogP contribution in [0.4, 0.5) is 11.9 Å². The number of hydrogen-bond acceptors (Lipinski definition) is 12. The summed E-state index contributed by atoms with van der Waals surface area (Å²) in [4.78, 5) is 24.2. The molecule has 3 aromatic carbocycles. The first-order chi connectivity index (χ1) is 27.4. The van der Waals surface area contributed by atoms with Crippen LogP contribution in [0.2, 0.25) is 5.02 Å². The first-order valence-electron chi connectivity index (χ1n) is 19.4. The number of hydrazine groups is 1. The van der Waals surface area contributed by atoms with Gasteiger partial charge in [-0.15, -0.1) is 0 Å². The molecule has 0 bridgehead atoms. The van der Waals surface area contributed by atoms with Gasteiger partial charge in [0.05, 0.1) is 33.5 Å². The Labute approximate surface area is 334 Å². The molecule has 12 nitrogen and oxygen atoms in total. The predicted octanol–water partition coefficient (Wildman–Crippen LogP) is 7.70. The number of likely N-dealkylation sites (tertiary alicyclic amines) is 1. The van der Waals surface area contributed by atoms with E-state index in [-0.39, 0.29) is 12.1 Å². The number of rotatable bonds is 14. The second-order valence-corrected chi connectivity index (χ2v) is 14.6. The first kappa shape index (κ1) is 39.1. The van der Waals surface area contributed by atoms with Crippen molar-refractivity contribution in [2.45, 2.75) is 58.2 Å². The third-order valence-electron chi connectivity index (χ3n) is 10.9. The standard InChI is InChI=1S/C43H51ClN8O4/c1-5-55-39-21-29(22-40(41(39)44)56-6-2)28-50-18-15-32(16-19-50)38-23-35(52(45)43-48-26-34(27-49-43)31-9-13-37(54-4)14-10-31)17-20-51(38)42-46-24-33(25-47-42)30-7-11-36(53-3)12-8-30/h7-14,21-22,24-27,32,35,38H,5-6,15-20,23,28,45H2,1-4H3. The Morgan fingerprint density at radius 1 is 0.714 bits per heavy atom. The van der Waals surface area contributed by atoms with Gasteiger partial charge in [-0.25, -0.2) is 25.8 Å². The molecule has 2 aliphatic heterocycles. The second kappa shape index (κ2) is 18.2. The van der Waals surface area contributed by atoms with Crippen LogP contribution in [0.25, 0.3) is 22.3 Å². The summed E-state index contributed by atoms with van der Waals surface area (Å²) in [6, 6.07) is 20.1. The van der Waals surface area contributed by atoms with Crippen molar-refractivity contribution in [3.05, 3.63) is 96.0 Å². The monoisotopic (exact) mass is 778 g/mol. The third kappa shape index (κ3) is 8.93. The second-order valence-electron chi connectivity index (χ2n) is 14.2.